The summed E-state index contributed by atoms with van der Waals surface area (Å²) >= 11 is 0. The molecule has 2 aromatic carbocycles. The first-order chi connectivity index (χ1) is 12.7. The molecule has 1 aliphatic rings. The molecule has 2 aromatic rings. The fourth-order valence-electron chi connectivity index (χ4n) is 3.40. The number of carbonyl (C=O) groups is 1. The van der Waals surface area contributed by atoms with E-state index in [9.17, 15) is 4.79 Å². The van der Waals surface area contributed by atoms with Gasteiger partial charge in [0.2, 0.25) is 0 Å². The van der Waals surface area contributed by atoms with E-state index in [1.54, 1.807) is 12.1 Å². The van der Waals surface area contributed by atoms with Crippen molar-refractivity contribution in [3.05, 3.63) is 54.1 Å². The normalized spacial score (nSPS) is 14.5. The van der Waals surface area contributed by atoms with Gasteiger partial charge in [0.05, 0.1) is 11.6 Å². The van der Waals surface area contributed by atoms with E-state index in [0.717, 1.165) is 24.0 Å². The van der Waals surface area contributed by atoms with Crippen LogP contribution in [0.3, 0.4) is 0 Å². The van der Waals surface area contributed by atoms with Crippen LogP contribution >= 0.6 is 0 Å². The lowest BCUT2D eigenvalue weighted by Crippen LogP contribution is -2.40. The Morgan fingerprint density at radius 3 is 2.19 bits per heavy atom. The maximum Gasteiger partial charge on any atom is 0.260 e. The molecule has 0 aromatic heterocycles. The molecule has 26 heavy (non-hydrogen) atoms. The van der Waals surface area contributed by atoms with E-state index < -0.39 is 0 Å². The SMILES string of the molecule is CN(C(=O)COc1ccc(-c2ccc(C#N)cc2)cc1)C1CCCCC1. The molecule has 4 nitrogen and oxygen atoms in total. The molecule has 3 rings (SSSR count). The maximum atomic E-state index is 12.3. The smallest absolute Gasteiger partial charge is 0.260 e. The van der Waals surface area contributed by atoms with Crippen molar-refractivity contribution >= 4 is 5.91 Å². The Hall–Kier alpha value is -2.80. The number of nitrogens with zero attached hydrogens (tertiary/aromatic N) is 2. The van der Waals surface area contributed by atoms with E-state index in [1.807, 2.05) is 48.3 Å². The lowest BCUT2D eigenvalue weighted by Gasteiger charge is -2.31. The van der Waals surface area contributed by atoms with Gasteiger partial charge in [0.1, 0.15) is 5.75 Å². The van der Waals surface area contributed by atoms with Gasteiger partial charge in [0.15, 0.2) is 6.61 Å². The van der Waals surface area contributed by atoms with Crippen LogP contribution in [0, 0.1) is 11.3 Å². The van der Waals surface area contributed by atoms with E-state index >= 15 is 0 Å². The summed E-state index contributed by atoms with van der Waals surface area (Å²) in [5.74, 6) is 0.723. The fraction of sp³-hybridized carbons (Fsp3) is 0.364. The van der Waals surface area contributed by atoms with Crippen molar-refractivity contribution in [2.24, 2.45) is 0 Å². The zero-order chi connectivity index (χ0) is 18.4. The van der Waals surface area contributed by atoms with Crippen molar-refractivity contribution in [2.75, 3.05) is 13.7 Å². The predicted octanol–water partition coefficient (Wildman–Crippen LogP) is 4.40. The number of hydrogen-bond acceptors (Lipinski definition) is 3. The van der Waals surface area contributed by atoms with Gasteiger partial charge >= 0.3 is 0 Å². The van der Waals surface area contributed by atoms with Crippen molar-refractivity contribution in [1.82, 2.24) is 4.90 Å². The van der Waals surface area contributed by atoms with Gasteiger partial charge in [-0.1, -0.05) is 43.5 Å². The zero-order valence-electron chi connectivity index (χ0n) is 15.1. The van der Waals surface area contributed by atoms with Gasteiger partial charge in [0, 0.05) is 13.1 Å². The molecule has 0 spiro atoms. The third kappa shape index (κ3) is 4.43. The quantitative estimate of drug-likeness (QED) is 0.805. The number of likely N-dealkylation sites (N-methyl/N-ethyl adjacent to an activating group) is 1. The van der Waals surface area contributed by atoms with E-state index in [0.29, 0.717) is 17.4 Å². The van der Waals surface area contributed by atoms with Crippen LogP contribution in [-0.2, 0) is 4.79 Å². The van der Waals surface area contributed by atoms with Crippen LogP contribution in [0.25, 0.3) is 11.1 Å². The Balaban J connectivity index is 1.55. The van der Waals surface area contributed by atoms with E-state index in [-0.39, 0.29) is 12.5 Å². The fourth-order valence-corrected chi connectivity index (χ4v) is 3.40. The second-order valence-electron chi connectivity index (χ2n) is 6.80. The molecule has 0 saturated heterocycles. The van der Waals surface area contributed by atoms with Gasteiger partial charge in [-0.05, 0) is 48.2 Å². The number of nitriles is 1. The molecular weight excluding hydrogens is 324 g/mol. The second-order valence-corrected chi connectivity index (χ2v) is 6.80. The minimum Gasteiger partial charge on any atom is -0.484 e. The molecule has 1 saturated carbocycles. The van der Waals surface area contributed by atoms with Crippen LogP contribution in [0.15, 0.2) is 48.5 Å². The molecule has 0 N–H and O–H groups in total. The molecule has 0 bridgehead atoms. The van der Waals surface area contributed by atoms with Gasteiger partial charge in [-0.2, -0.15) is 5.26 Å². The van der Waals surface area contributed by atoms with Crippen molar-refractivity contribution in [3.63, 3.8) is 0 Å². The maximum absolute atomic E-state index is 12.3. The summed E-state index contributed by atoms with van der Waals surface area (Å²) in [6.07, 6.45) is 5.89. The van der Waals surface area contributed by atoms with Gasteiger partial charge in [-0.3, -0.25) is 4.79 Å². The lowest BCUT2D eigenvalue weighted by molar-refractivity contribution is -0.134. The van der Waals surface area contributed by atoms with Gasteiger partial charge in [0.25, 0.3) is 5.91 Å². The van der Waals surface area contributed by atoms with Crippen LogP contribution in [-0.4, -0.2) is 30.5 Å². The summed E-state index contributed by atoms with van der Waals surface area (Å²) in [5.41, 5.74) is 2.74. The Labute approximate surface area is 155 Å². The predicted molar refractivity (Wildman–Crippen MR) is 102 cm³/mol. The van der Waals surface area contributed by atoms with Crippen LogP contribution in [0.1, 0.15) is 37.7 Å². The molecule has 4 heteroatoms. The van der Waals surface area contributed by atoms with Gasteiger partial charge in [-0.25, -0.2) is 0 Å². The molecule has 1 amide bonds. The topological polar surface area (TPSA) is 53.3 Å². The summed E-state index contributed by atoms with van der Waals surface area (Å²) in [7, 11) is 1.88. The Morgan fingerprint density at radius 1 is 1.04 bits per heavy atom. The minimum absolute atomic E-state index is 0.0352. The zero-order valence-corrected chi connectivity index (χ0v) is 15.1. The molecule has 0 radical (unpaired) electrons. The van der Waals surface area contributed by atoms with Crippen LogP contribution in [0.2, 0.25) is 0 Å². The first kappa shape index (κ1) is 18.0. The average molecular weight is 348 g/mol. The molecule has 1 aliphatic carbocycles. The molecule has 0 atom stereocenters. The highest BCUT2D eigenvalue weighted by atomic mass is 16.5. The van der Waals surface area contributed by atoms with Crippen molar-refractivity contribution in [2.45, 2.75) is 38.1 Å². The minimum atomic E-state index is 0.0352. The number of rotatable bonds is 5. The summed E-state index contributed by atoms with van der Waals surface area (Å²) in [4.78, 5) is 14.2. The third-order valence-electron chi connectivity index (χ3n) is 5.08. The average Bonchev–Trinajstić information content (AvgIpc) is 2.72. The van der Waals surface area contributed by atoms with Crippen LogP contribution in [0.4, 0.5) is 0 Å². The molecule has 1 fully saturated rings. The third-order valence-corrected chi connectivity index (χ3v) is 5.08. The van der Waals surface area contributed by atoms with Crippen LogP contribution in [0.5, 0.6) is 5.75 Å². The number of amides is 1. The molecule has 0 heterocycles. The molecule has 134 valence electrons. The summed E-state index contributed by atoms with van der Waals surface area (Å²) in [5, 5.41) is 8.86. The number of hydrogen-bond donors (Lipinski definition) is 0. The number of ether oxygens (including phenoxy) is 1. The van der Waals surface area contributed by atoms with Crippen LogP contribution < -0.4 is 4.74 Å². The number of carbonyl (C=O) groups excluding carboxylic acids is 1. The van der Waals surface area contributed by atoms with E-state index in [2.05, 4.69) is 6.07 Å². The van der Waals surface area contributed by atoms with E-state index in [4.69, 9.17) is 10.00 Å². The van der Waals surface area contributed by atoms with Crippen molar-refractivity contribution < 1.29 is 9.53 Å². The lowest BCUT2D eigenvalue weighted by atomic mass is 9.94. The highest BCUT2D eigenvalue weighted by Gasteiger charge is 2.22. The van der Waals surface area contributed by atoms with E-state index in [1.165, 1.54) is 19.3 Å². The summed E-state index contributed by atoms with van der Waals surface area (Å²) < 4.78 is 5.67. The van der Waals surface area contributed by atoms with Gasteiger partial charge < -0.3 is 9.64 Å². The monoisotopic (exact) mass is 348 g/mol. The van der Waals surface area contributed by atoms with Gasteiger partial charge in [-0.15, -0.1) is 0 Å². The highest BCUT2D eigenvalue weighted by molar-refractivity contribution is 5.77. The Morgan fingerprint density at radius 2 is 1.62 bits per heavy atom. The summed E-state index contributed by atoms with van der Waals surface area (Å²) in [6, 6.07) is 17.6. The Kier molecular flexibility index (Phi) is 5.91. The number of benzene rings is 2. The largest absolute Gasteiger partial charge is 0.484 e. The molecule has 0 aliphatic heterocycles. The van der Waals surface area contributed by atoms with Crippen molar-refractivity contribution in [3.8, 4) is 22.9 Å². The van der Waals surface area contributed by atoms with Crippen molar-refractivity contribution in [1.29, 1.82) is 5.26 Å². The summed E-state index contributed by atoms with van der Waals surface area (Å²) in [6.45, 7) is 0.0726. The molecule has 0 unspecified atom stereocenters. The Bertz CT molecular complexity index is 769. The molecular formula is C22H24N2O2. The second kappa shape index (κ2) is 8.53. The first-order valence-corrected chi connectivity index (χ1v) is 9.16. The first-order valence-electron chi connectivity index (χ1n) is 9.16. The standard InChI is InChI=1S/C22H24N2O2/c1-24(20-5-3-2-4-6-20)22(25)16-26-21-13-11-19(12-14-21)18-9-7-17(15-23)8-10-18/h7-14,20H,2-6,16H2,1H3. The highest BCUT2D eigenvalue weighted by Crippen LogP contribution is 2.24.